The van der Waals surface area contributed by atoms with Gasteiger partial charge >= 0.3 is 0 Å². The maximum absolute atomic E-state index is 6.02. The van der Waals surface area contributed by atoms with Gasteiger partial charge in [0.25, 0.3) is 0 Å². The van der Waals surface area contributed by atoms with Gasteiger partial charge in [0, 0.05) is 6.54 Å². The molecular weight excluding hydrogens is 198 g/mol. The third kappa shape index (κ3) is 2.89. The number of rotatable bonds is 4. The molecule has 0 saturated heterocycles. The van der Waals surface area contributed by atoms with Gasteiger partial charge in [-0.05, 0) is 31.0 Å². The summed E-state index contributed by atoms with van der Waals surface area (Å²) in [6, 6.07) is 5.75. The fourth-order valence-electron chi connectivity index (χ4n) is 1.18. The summed E-state index contributed by atoms with van der Waals surface area (Å²) in [5, 5.41) is 0.650. The number of ether oxygens (including phenoxy) is 1. The number of hydrogen-bond donors (Lipinski definition) is 1. The van der Waals surface area contributed by atoms with E-state index in [0.717, 1.165) is 17.7 Å². The number of halogens is 1. The van der Waals surface area contributed by atoms with Crippen LogP contribution in [0.1, 0.15) is 18.9 Å². The van der Waals surface area contributed by atoms with E-state index in [4.69, 9.17) is 22.1 Å². The average molecular weight is 214 g/mol. The zero-order valence-corrected chi connectivity index (χ0v) is 9.34. The first kappa shape index (κ1) is 11.3. The Bertz CT molecular complexity index is 297. The van der Waals surface area contributed by atoms with Crippen LogP contribution < -0.4 is 10.5 Å². The van der Waals surface area contributed by atoms with Gasteiger partial charge in [-0.25, -0.2) is 0 Å². The first-order valence-corrected chi connectivity index (χ1v) is 5.18. The quantitative estimate of drug-likeness (QED) is 0.835. The molecule has 0 amide bonds. The van der Waals surface area contributed by atoms with Crippen LogP contribution in [-0.2, 0) is 0 Å². The van der Waals surface area contributed by atoms with Gasteiger partial charge in [0.15, 0.2) is 0 Å². The molecule has 2 N–H and O–H groups in total. The Balaban J connectivity index is 2.76. The topological polar surface area (TPSA) is 35.2 Å². The van der Waals surface area contributed by atoms with Crippen LogP contribution >= 0.6 is 11.6 Å². The maximum Gasteiger partial charge on any atom is 0.138 e. The highest BCUT2D eigenvalue weighted by molar-refractivity contribution is 6.32. The Morgan fingerprint density at radius 1 is 1.50 bits per heavy atom. The lowest BCUT2D eigenvalue weighted by molar-refractivity contribution is 0.205. The molecule has 0 spiro atoms. The van der Waals surface area contributed by atoms with Gasteiger partial charge < -0.3 is 10.5 Å². The SMILES string of the molecule is CCC(CN)Oc1ccc(C)cc1Cl. The van der Waals surface area contributed by atoms with Crippen molar-refractivity contribution in [1.82, 2.24) is 0 Å². The Hall–Kier alpha value is -0.730. The van der Waals surface area contributed by atoms with Crippen molar-refractivity contribution in [2.45, 2.75) is 26.4 Å². The van der Waals surface area contributed by atoms with E-state index >= 15 is 0 Å². The molecule has 1 rings (SSSR count). The minimum absolute atomic E-state index is 0.0511. The fraction of sp³-hybridized carbons (Fsp3) is 0.455. The molecule has 1 atom stereocenters. The van der Waals surface area contributed by atoms with Gasteiger partial charge in [0.05, 0.1) is 5.02 Å². The summed E-state index contributed by atoms with van der Waals surface area (Å²) >= 11 is 6.02. The minimum Gasteiger partial charge on any atom is -0.488 e. The normalized spacial score (nSPS) is 12.6. The molecule has 14 heavy (non-hydrogen) atoms. The minimum atomic E-state index is 0.0511. The van der Waals surface area contributed by atoms with E-state index < -0.39 is 0 Å². The highest BCUT2D eigenvalue weighted by Gasteiger charge is 2.08. The van der Waals surface area contributed by atoms with Gasteiger partial charge in [-0.1, -0.05) is 24.6 Å². The van der Waals surface area contributed by atoms with Gasteiger partial charge in [-0.3, -0.25) is 0 Å². The van der Waals surface area contributed by atoms with E-state index in [2.05, 4.69) is 0 Å². The lowest BCUT2D eigenvalue weighted by Gasteiger charge is -2.16. The van der Waals surface area contributed by atoms with E-state index in [1.807, 2.05) is 32.0 Å². The molecule has 0 aliphatic carbocycles. The molecule has 78 valence electrons. The molecule has 3 heteroatoms. The molecule has 1 unspecified atom stereocenters. The van der Waals surface area contributed by atoms with Crippen LogP contribution in [0, 0.1) is 6.92 Å². The van der Waals surface area contributed by atoms with Crippen molar-refractivity contribution in [1.29, 1.82) is 0 Å². The lowest BCUT2D eigenvalue weighted by atomic mass is 10.2. The molecule has 0 radical (unpaired) electrons. The first-order valence-electron chi connectivity index (χ1n) is 4.80. The molecule has 0 aliphatic rings. The van der Waals surface area contributed by atoms with Crippen molar-refractivity contribution >= 4 is 11.6 Å². The molecule has 0 heterocycles. The maximum atomic E-state index is 6.02. The molecule has 0 saturated carbocycles. The Kier molecular flexibility index (Phi) is 4.23. The van der Waals surface area contributed by atoms with Crippen LogP contribution in [0.4, 0.5) is 0 Å². The van der Waals surface area contributed by atoms with Crippen LogP contribution in [0.2, 0.25) is 5.02 Å². The Morgan fingerprint density at radius 2 is 2.21 bits per heavy atom. The number of hydrogen-bond acceptors (Lipinski definition) is 2. The van der Waals surface area contributed by atoms with Crippen molar-refractivity contribution in [3.05, 3.63) is 28.8 Å². The van der Waals surface area contributed by atoms with Gasteiger partial charge in [-0.15, -0.1) is 0 Å². The van der Waals surface area contributed by atoms with Crippen molar-refractivity contribution in [3.63, 3.8) is 0 Å². The average Bonchev–Trinajstić information content (AvgIpc) is 2.17. The third-order valence-corrected chi connectivity index (χ3v) is 2.39. The van der Waals surface area contributed by atoms with Crippen LogP contribution in [-0.4, -0.2) is 12.6 Å². The zero-order chi connectivity index (χ0) is 10.6. The zero-order valence-electron chi connectivity index (χ0n) is 8.59. The second-order valence-corrected chi connectivity index (χ2v) is 3.72. The Morgan fingerprint density at radius 3 is 2.71 bits per heavy atom. The molecule has 0 fully saturated rings. The summed E-state index contributed by atoms with van der Waals surface area (Å²) in [6.45, 7) is 4.55. The molecule has 1 aromatic carbocycles. The number of aryl methyl sites for hydroxylation is 1. The summed E-state index contributed by atoms with van der Waals surface area (Å²) in [6.07, 6.45) is 0.941. The monoisotopic (exact) mass is 213 g/mol. The summed E-state index contributed by atoms with van der Waals surface area (Å²) < 4.78 is 5.64. The standard InChI is InChI=1S/C11H16ClNO/c1-3-9(7-13)14-11-5-4-8(2)6-10(11)12/h4-6,9H,3,7,13H2,1-2H3. The summed E-state index contributed by atoms with van der Waals surface area (Å²) in [4.78, 5) is 0. The second kappa shape index (κ2) is 5.23. The first-order chi connectivity index (χ1) is 6.67. The third-order valence-electron chi connectivity index (χ3n) is 2.10. The van der Waals surface area contributed by atoms with E-state index in [1.54, 1.807) is 0 Å². The van der Waals surface area contributed by atoms with Crippen LogP contribution in [0.5, 0.6) is 5.75 Å². The summed E-state index contributed by atoms with van der Waals surface area (Å²) in [5.41, 5.74) is 6.67. The summed E-state index contributed by atoms with van der Waals surface area (Å²) in [5.74, 6) is 0.717. The molecule has 0 aromatic heterocycles. The Labute approximate surface area is 90.0 Å². The highest BCUT2D eigenvalue weighted by atomic mass is 35.5. The largest absolute Gasteiger partial charge is 0.488 e. The van der Waals surface area contributed by atoms with Gasteiger partial charge in [0.1, 0.15) is 11.9 Å². The van der Waals surface area contributed by atoms with E-state index in [1.165, 1.54) is 0 Å². The second-order valence-electron chi connectivity index (χ2n) is 3.32. The van der Waals surface area contributed by atoms with Crippen LogP contribution in [0.3, 0.4) is 0 Å². The van der Waals surface area contributed by atoms with Crippen LogP contribution in [0.25, 0.3) is 0 Å². The van der Waals surface area contributed by atoms with Gasteiger partial charge in [-0.2, -0.15) is 0 Å². The highest BCUT2D eigenvalue weighted by Crippen LogP contribution is 2.26. The van der Waals surface area contributed by atoms with Crippen molar-refractivity contribution in [2.24, 2.45) is 5.73 Å². The predicted octanol–water partition coefficient (Wildman–Crippen LogP) is 2.76. The molecule has 0 aliphatic heterocycles. The lowest BCUT2D eigenvalue weighted by Crippen LogP contribution is -2.25. The van der Waals surface area contributed by atoms with Crippen LogP contribution in [0.15, 0.2) is 18.2 Å². The molecular formula is C11H16ClNO. The predicted molar refractivity (Wildman–Crippen MR) is 60.0 cm³/mol. The molecule has 0 bridgehead atoms. The van der Waals surface area contributed by atoms with E-state index in [-0.39, 0.29) is 6.10 Å². The van der Waals surface area contributed by atoms with Crippen molar-refractivity contribution in [3.8, 4) is 5.75 Å². The smallest absolute Gasteiger partial charge is 0.138 e. The van der Waals surface area contributed by atoms with E-state index in [9.17, 15) is 0 Å². The fourth-order valence-corrected chi connectivity index (χ4v) is 1.46. The van der Waals surface area contributed by atoms with Crippen molar-refractivity contribution < 1.29 is 4.74 Å². The summed E-state index contributed by atoms with van der Waals surface area (Å²) in [7, 11) is 0. The number of nitrogens with two attached hydrogens (primary N) is 1. The number of benzene rings is 1. The molecule has 2 nitrogen and oxygen atoms in total. The molecule has 1 aromatic rings. The van der Waals surface area contributed by atoms with Gasteiger partial charge in [0.2, 0.25) is 0 Å². The van der Waals surface area contributed by atoms with Crippen molar-refractivity contribution in [2.75, 3.05) is 6.54 Å². The van der Waals surface area contributed by atoms with E-state index in [0.29, 0.717) is 11.6 Å².